The third-order valence-electron chi connectivity index (χ3n) is 3.64. The van der Waals surface area contributed by atoms with Gasteiger partial charge in [-0.05, 0) is 30.2 Å². The number of nitrogens with zero attached hydrogens (tertiary/aromatic N) is 1. The summed E-state index contributed by atoms with van der Waals surface area (Å²) in [6.45, 7) is 0.942. The molecule has 0 aliphatic heterocycles. The highest BCUT2D eigenvalue weighted by molar-refractivity contribution is 5.94. The van der Waals surface area contributed by atoms with E-state index in [1.807, 2.05) is 30.3 Å². The normalized spacial score (nSPS) is 11.3. The molecular formula is C18H19F3N2O. The zero-order valence-electron chi connectivity index (χ0n) is 13.1. The quantitative estimate of drug-likeness (QED) is 0.879. The lowest BCUT2D eigenvalue weighted by molar-refractivity contribution is -0.137. The molecule has 0 spiro atoms. The number of rotatable bonds is 6. The second-order valence-corrected chi connectivity index (χ2v) is 5.40. The van der Waals surface area contributed by atoms with Crippen LogP contribution in [0.4, 0.5) is 13.2 Å². The van der Waals surface area contributed by atoms with E-state index in [1.54, 1.807) is 0 Å². The number of carbonyl (C=O) groups is 1. The summed E-state index contributed by atoms with van der Waals surface area (Å²) in [7, 11) is 0. The minimum atomic E-state index is -4.47. The Balaban J connectivity index is 2.14. The van der Waals surface area contributed by atoms with Crippen molar-refractivity contribution >= 4 is 5.91 Å². The molecule has 3 nitrogen and oxygen atoms in total. The predicted molar refractivity (Wildman–Crippen MR) is 86.5 cm³/mol. The minimum absolute atomic E-state index is 0.0198. The SMILES string of the molecule is NCCN(CCc1ccccc1)C(=O)c1cccc(C(F)(F)F)c1. The Labute approximate surface area is 138 Å². The van der Waals surface area contributed by atoms with Crippen molar-refractivity contribution in [3.05, 3.63) is 71.3 Å². The average molecular weight is 336 g/mol. The molecule has 0 radical (unpaired) electrons. The van der Waals surface area contributed by atoms with Crippen LogP contribution in [0.3, 0.4) is 0 Å². The van der Waals surface area contributed by atoms with Crippen molar-refractivity contribution in [1.29, 1.82) is 0 Å². The lowest BCUT2D eigenvalue weighted by atomic mass is 10.1. The van der Waals surface area contributed by atoms with Gasteiger partial charge in [-0.3, -0.25) is 4.79 Å². The first-order valence-corrected chi connectivity index (χ1v) is 7.62. The van der Waals surface area contributed by atoms with E-state index in [0.717, 1.165) is 17.7 Å². The van der Waals surface area contributed by atoms with Crippen LogP contribution >= 0.6 is 0 Å². The van der Waals surface area contributed by atoms with E-state index in [1.165, 1.54) is 17.0 Å². The first-order chi connectivity index (χ1) is 11.4. The Morgan fingerprint density at radius 1 is 1.00 bits per heavy atom. The van der Waals surface area contributed by atoms with Gasteiger partial charge in [0.05, 0.1) is 5.56 Å². The Kier molecular flexibility index (Phi) is 5.98. The zero-order valence-corrected chi connectivity index (χ0v) is 13.1. The van der Waals surface area contributed by atoms with Gasteiger partial charge in [0.25, 0.3) is 5.91 Å². The monoisotopic (exact) mass is 336 g/mol. The molecule has 0 saturated carbocycles. The molecule has 0 bridgehead atoms. The number of alkyl halides is 3. The number of hydrogen-bond donors (Lipinski definition) is 1. The molecule has 0 aliphatic carbocycles. The second kappa shape index (κ2) is 7.97. The van der Waals surface area contributed by atoms with Crippen molar-refractivity contribution in [2.75, 3.05) is 19.6 Å². The minimum Gasteiger partial charge on any atom is -0.337 e. The van der Waals surface area contributed by atoms with Gasteiger partial charge in [0.1, 0.15) is 0 Å². The number of carbonyl (C=O) groups excluding carboxylic acids is 1. The summed E-state index contributed by atoms with van der Waals surface area (Å²) < 4.78 is 38.4. The molecule has 6 heteroatoms. The van der Waals surface area contributed by atoms with Crippen molar-refractivity contribution in [1.82, 2.24) is 4.90 Å². The second-order valence-electron chi connectivity index (χ2n) is 5.40. The first kappa shape index (κ1) is 18.0. The molecule has 0 atom stereocenters. The number of halogens is 3. The van der Waals surface area contributed by atoms with Crippen molar-refractivity contribution in [2.24, 2.45) is 5.73 Å². The molecule has 0 fully saturated rings. The molecule has 0 unspecified atom stereocenters. The molecule has 2 aromatic rings. The van der Waals surface area contributed by atoms with Gasteiger partial charge in [-0.2, -0.15) is 13.2 Å². The summed E-state index contributed by atoms with van der Waals surface area (Å²) >= 11 is 0. The van der Waals surface area contributed by atoms with Crippen LogP contribution < -0.4 is 5.73 Å². The van der Waals surface area contributed by atoms with Crippen molar-refractivity contribution in [3.63, 3.8) is 0 Å². The van der Waals surface area contributed by atoms with Crippen molar-refractivity contribution in [3.8, 4) is 0 Å². The van der Waals surface area contributed by atoms with Crippen LogP contribution in [0.5, 0.6) is 0 Å². The van der Waals surface area contributed by atoms with Crippen molar-refractivity contribution in [2.45, 2.75) is 12.6 Å². The standard InChI is InChI=1S/C18H19F3N2O/c19-18(20,21)16-8-4-7-15(13-16)17(24)23(12-10-22)11-9-14-5-2-1-3-6-14/h1-8,13H,9-12,22H2. The average Bonchev–Trinajstić information content (AvgIpc) is 2.58. The fourth-order valence-corrected chi connectivity index (χ4v) is 2.39. The number of benzene rings is 2. The number of nitrogens with two attached hydrogens (primary N) is 1. The summed E-state index contributed by atoms with van der Waals surface area (Å²) in [4.78, 5) is 14.0. The van der Waals surface area contributed by atoms with Crippen LogP contribution in [0.15, 0.2) is 54.6 Å². The lowest BCUT2D eigenvalue weighted by Gasteiger charge is -2.22. The van der Waals surface area contributed by atoms with Crippen LogP contribution in [0.1, 0.15) is 21.5 Å². The van der Waals surface area contributed by atoms with E-state index in [4.69, 9.17) is 5.73 Å². The summed E-state index contributed by atoms with van der Waals surface area (Å²) in [5.74, 6) is -0.442. The molecule has 0 heterocycles. The molecular weight excluding hydrogens is 317 g/mol. The fourth-order valence-electron chi connectivity index (χ4n) is 2.39. The molecule has 24 heavy (non-hydrogen) atoms. The predicted octanol–water partition coefficient (Wildman–Crippen LogP) is 3.35. The Morgan fingerprint density at radius 3 is 2.33 bits per heavy atom. The van der Waals surface area contributed by atoms with E-state index < -0.39 is 17.6 Å². The highest BCUT2D eigenvalue weighted by atomic mass is 19.4. The number of amides is 1. The van der Waals surface area contributed by atoms with Gasteiger partial charge in [-0.25, -0.2) is 0 Å². The highest BCUT2D eigenvalue weighted by Gasteiger charge is 2.31. The topological polar surface area (TPSA) is 46.3 Å². The van der Waals surface area contributed by atoms with Gasteiger partial charge < -0.3 is 10.6 Å². The maximum atomic E-state index is 12.8. The molecule has 0 aliphatic rings. The largest absolute Gasteiger partial charge is 0.416 e. The Morgan fingerprint density at radius 2 is 1.71 bits per heavy atom. The van der Waals surface area contributed by atoms with Crippen LogP contribution in [0.25, 0.3) is 0 Å². The molecule has 2 aromatic carbocycles. The van der Waals surface area contributed by atoms with Crippen LogP contribution in [-0.2, 0) is 12.6 Å². The van der Waals surface area contributed by atoms with E-state index in [2.05, 4.69) is 0 Å². The van der Waals surface area contributed by atoms with Gasteiger partial charge >= 0.3 is 6.18 Å². The molecule has 0 aromatic heterocycles. The molecule has 2 N–H and O–H groups in total. The summed E-state index contributed by atoms with van der Waals surface area (Å²) in [6.07, 6.45) is -3.86. The maximum absolute atomic E-state index is 12.8. The zero-order chi connectivity index (χ0) is 17.6. The Hall–Kier alpha value is -2.34. The van der Waals surface area contributed by atoms with Gasteiger partial charge in [0.15, 0.2) is 0 Å². The summed E-state index contributed by atoms with van der Waals surface area (Å²) in [5.41, 5.74) is 5.78. The summed E-state index contributed by atoms with van der Waals surface area (Å²) in [6, 6.07) is 14.0. The van der Waals surface area contributed by atoms with Crippen LogP contribution in [0.2, 0.25) is 0 Å². The lowest BCUT2D eigenvalue weighted by Crippen LogP contribution is -2.37. The van der Waals surface area contributed by atoms with Gasteiger partial charge in [-0.15, -0.1) is 0 Å². The first-order valence-electron chi connectivity index (χ1n) is 7.62. The van der Waals surface area contributed by atoms with Gasteiger partial charge in [0.2, 0.25) is 0 Å². The molecule has 128 valence electrons. The third kappa shape index (κ3) is 4.83. The van der Waals surface area contributed by atoms with E-state index in [0.29, 0.717) is 19.5 Å². The smallest absolute Gasteiger partial charge is 0.337 e. The molecule has 1 amide bonds. The van der Waals surface area contributed by atoms with Gasteiger partial charge in [0, 0.05) is 25.2 Å². The maximum Gasteiger partial charge on any atom is 0.416 e. The third-order valence-corrected chi connectivity index (χ3v) is 3.64. The van der Waals surface area contributed by atoms with Gasteiger partial charge in [-0.1, -0.05) is 36.4 Å². The van der Waals surface area contributed by atoms with E-state index >= 15 is 0 Å². The molecule has 0 saturated heterocycles. The van der Waals surface area contributed by atoms with Crippen molar-refractivity contribution < 1.29 is 18.0 Å². The van der Waals surface area contributed by atoms with E-state index in [9.17, 15) is 18.0 Å². The van der Waals surface area contributed by atoms with Crippen LogP contribution in [-0.4, -0.2) is 30.4 Å². The Bertz CT molecular complexity index is 671. The number of hydrogen-bond acceptors (Lipinski definition) is 2. The molecule has 2 rings (SSSR count). The van der Waals surface area contributed by atoms with Crippen LogP contribution in [0, 0.1) is 0 Å². The highest BCUT2D eigenvalue weighted by Crippen LogP contribution is 2.29. The fraction of sp³-hybridized carbons (Fsp3) is 0.278. The van der Waals surface area contributed by atoms with E-state index in [-0.39, 0.29) is 12.1 Å². The summed E-state index contributed by atoms with van der Waals surface area (Å²) in [5, 5.41) is 0.